The highest BCUT2D eigenvalue weighted by molar-refractivity contribution is 6.30. The van der Waals surface area contributed by atoms with Crippen molar-refractivity contribution in [2.45, 2.75) is 57.7 Å². The van der Waals surface area contributed by atoms with Crippen LogP contribution in [0.2, 0.25) is 10.0 Å². The van der Waals surface area contributed by atoms with E-state index in [1.807, 2.05) is 30.3 Å². The van der Waals surface area contributed by atoms with E-state index in [1.165, 1.54) is 36.2 Å². The highest BCUT2D eigenvalue weighted by Crippen LogP contribution is 2.40. The van der Waals surface area contributed by atoms with Crippen molar-refractivity contribution in [2.75, 3.05) is 33.4 Å². The summed E-state index contributed by atoms with van der Waals surface area (Å²) in [6, 6.07) is 12.7. The third kappa shape index (κ3) is 8.48. The van der Waals surface area contributed by atoms with E-state index in [0.717, 1.165) is 56.2 Å². The zero-order valence-electron chi connectivity index (χ0n) is 24.2. The monoisotopic (exact) mass is 616 g/mol. The summed E-state index contributed by atoms with van der Waals surface area (Å²) >= 11 is 11.3. The number of amides is 1. The Morgan fingerprint density at radius 2 is 1.69 bits per heavy atom. The van der Waals surface area contributed by atoms with Gasteiger partial charge in [0.05, 0.1) is 17.1 Å². The maximum Gasteiger partial charge on any atom is 0.257 e. The van der Waals surface area contributed by atoms with Crippen LogP contribution in [0.5, 0.6) is 0 Å². The van der Waals surface area contributed by atoms with Crippen molar-refractivity contribution >= 4 is 29.1 Å². The molecule has 2 aromatic carbocycles. The summed E-state index contributed by atoms with van der Waals surface area (Å²) in [6.07, 6.45) is 7.05. The summed E-state index contributed by atoms with van der Waals surface area (Å²) in [6.45, 7) is 6.14. The Labute approximate surface area is 257 Å². The number of piperidine rings is 1. The molecule has 2 fully saturated rings. The van der Waals surface area contributed by atoms with Crippen LogP contribution in [0.4, 0.5) is 4.39 Å². The van der Waals surface area contributed by atoms with Crippen LogP contribution >= 0.6 is 23.2 Å². The number of hydrogen-bond donors (Lipinski definition) is 1. The molecule has 10 heteroatoms. The lowest BCUT2D eigenvalue weighted by Gasteiger charge is -2.34. The van der Waals surface area contributed by atoms with Gasteiger partial charge >= 0.3 is 0 Å². The Bertz CT molecular complexity index is 1280. The smallest absolute Gasteiger partial charge is 0.257 e. The Balaban J connectivity index is 0.000000278. The molecule has 4 heterocycles. The second kappa shape index (κ2) is 15.7. The normalized spacial score (nSPS) is 19.4. The number of ether oxygens (including phenoxy) is 1. The molecule has 3 aliphatic heterocycles. The predicted octanol–water partition coefficient (Wildman–Crippen LogP) is 6.89. The van der Waals surface area contributed by atoms with Gasteiger partial charge in [0.2, 0.25) is 0 Å². The number of nitrogens with zero attached hydrogens (tertiary/aromatic N) is 4. The Morgan fingerprint density at radius 1 is 1.05 bits per heavy atom. The number of carbonyl (C=O) groups is 1. The first-order valence-corrected chi connectivity index (χ1v) is 15.3. The lowest BCUT2D eigenvalue weighted by atomic mass is 9.78. The first-order chi connectivity index (χ1) is 20.3. The van der Waals surface area contributed by atoms with Gasteiger partial charge in [0.15, 0.2) is 6.23 Å². The van der Waals surface area contributed by atoms with Crippen molar-refractivity contribution in [2.24, 2.45) is 5.92 Å². The lowest BCUT2D eigenvalue weighted by Crippen LogP contribution is -2.32. The molecule has 1 amide bonds. The van der Waals surface area contributed by atoms with E-state index < -0.39 is 18.0 Å². The molecular formula is C32H39Cl2FN4O3. The molecule has 0 bridgehead atoms. The Hall–Kier alpha value is -2.62. The van der Waals surface area contributed by atoms with Crippen LogP contribution < -0.4 is 0 Å². The number of aliphatic hydroxyl groups excluding tert-OH is 1. The van der Waals surface area contributed by atoms with Crippen LogP contribution in [0.1, 0.15) is 78.5 Å². The molecule has 0 radical (unpaired) electrons. The average molecular weight is 618 g/mol. The van der Waals surface area contributed by atoms with Gasteiger partial charge in [0.1, 0.15) is 11.6 Å². The van der Waals surface area contributed by atoms with E-state index in [-0.39, 0.29) is 23.6 Å². The summed E-state index contributed by atoms with van der Waals surface area (Å²) in [5, 5.41) is 11.8. The molecule has 42 heavy (non-hydrogen) atoms. The predicted molar refractivity (Wildman–Crippen MR) is 163 cm³/mol. The largest absolute Gasteiger partial charge is 0.381 e. The van der Waals surface area contributed by atoms with Crippen LogP contribution in [-0.4, -0.2) is 64.1 Å². The number of likely N-dealkylation sites (tertiary alicyclic amines) is 1. The summed E-state index contributed by atoms with van der Waals surface area (Å²) < 4.78 is 20.0. The van der Waals surface area contributed by atoms with Crippen molar-refractivity contribution in [1.82, 2.24) is 19.8 Å². The maximum atomic E-state index is 15.1. The molecule has 226 valence electrons. The maximum absolute atomic E-state index is 15.1. The van der Waals surface area contributed by atoms with Crippen molar-refractivity contribution in [3.8, 4) is 0 Å². The highest BCUT2D eigenvalue weighted by Gasteiger charge is 2.39. The number of hydrogen-bond acceptors (Lipinski definition) is 6. The zero-order valence-corrected chi connectivity index (χ0v) is 25.7. The first-order valence-electron chi connectivity index (χ1n) is 14.5. The summed E-state index contributed by atoms with van der Waals surface area (Å²) in [5.41, 5.74) is 1.11. The van der Waals surface area contributed by atoms with Crippen LogP contribution in [0.3, 0.4) is 0 Å². The number of aliphatic hydroxyl groups is 1. The van der Waals surface area contributed by atoms with E-state index in [1.54, 1.807) is 6.07 Å². The van der Waals surface area contributed by atoms with Gasteiger partial charge in [-0.2, -0.15) is 0 Å². The van der Waals surface area contributed by atoms with Crippen molar-refractivity contribution in [1.29, 1.82) is 0 Å². The molecule has 0 spiro atoms. The van der Waals surface area contributed by atoms with Crippen LogP contribution in [0.15, 0.2) is 54.9 Å². The standard InChI is InChI=1S/C22H26ClFN4O2.C6H5Cl.C4H8O/c1-3-16(13-4-6-27(2)7-5-13)14-8-17-20(18(24)9-14)22(30)28(21(17)29)12-19-25-10-15(23)11-26-19;7-6-4-2-1-3-5-6;1-2-4-5-3-1/h8-11,13,16,22,30H,3-7,12H2,1-2H3;1-5H;1-4H2. The van der Waals surface area contributed by atoms with Gasteiger partial charge in [-0.1, -0.05) is 48.3 Å². The lowest BCUT2D eigenvalue weighted by molar-refractivity contribution is 0.0112. The van der Waals surface area contributed by atoms with Gasteiger partial charge in [0, 0.05) is 36.2 Å². The third-order valence-electron chi connectivity index (χ3n) is 7.94. The van der Waals surface area contributed by atoms with E-state index in [9.17, 15) is 9.90 Å². The van der Waals surface area contributed by atoms with E-state index in [4.69, 9.17) is 27.9 Å². The zero-order chi connectivity index (χ0) is 30.1. The molecular weight excluding hydrogens is 578 g/mol. The average Bonchev–Trinajstić information content (AvgIpc) is 3.65. The van der Waals surface area contributed by atoms with Crippen LogP contribution in [-0.2, 0) is 11.3 Å². The van der Waals surface area contributed by atoms with E-state index in [0.29, 0.717) is 16.8 Å². The van der Waals surface area contributed by atoms with Gasteiger partial charge in [0.25, 0.3) is 5.91 Å². The molecule has 6 rings (SSSR count). The minimum Gasteiger partial charge on any atom is -0.381 e. The summed E-state index contributed by atoms with van der Waals surface area (Å²) in [4.78, 5) is 24.7. The van der Waals surface area contributed by atoms with Crippen molar-refractivity contribution in [3.05, 3.63) is 93.2 Å². The second-order valence-electron chi connectivity index (χ2n) is 10.9. The van der Waals surface area contributed by atoms with E-state index in [2.05, 4.69) is 28.8 Å². The number of rotatable bonds is 5. The number of halogens is 3. The molecule has 1 aromatic heterocycles. The molecule has 0 saturated carbocycles. The molecule has 2 saturated heterocycles. The van der Waals surface area contributed by atoms with Crippen molar-refractivity contribution < 1.29 is 19.0 Å². The number of fused-ring (bicyclic) bond motifs is 1. The number of benzene rings is 2. The number of aromatic nitrogens is 2. The quantitative estimate of drug-likeness (QED) is 0.336. The molecule has 3 aliphatic rings. The molecule has 3 aromatic rings. The molecule has 2 unspecified atom stereocenters. The Kier molecular flexibility index (Phi) is 12.1. The van der Waals surface area contributed by atoms with Gasteiger partial charge in [-0.3, -0.25) is 4.79 Å². The van der Waals surface area contributed by atoms with E-state index >= 15 is 4.39 Å². The topological polar surface area (TPSA) is 78.8 Å². The summed E-state index contributed by atoms with van der Waals surface area (Å²) in [7, 11) is 2.12. The van der Waals surface area contributed by atoms with Gasteiger partial charge in [-0.15, -0.1) is 0 Å². The summed E-state index contributed by atoms with van der Waals surface area (Å²) in [5.74, 6) is 0.0445. The Morgan fingerprint density at radius 3 is 2.21 bits per heavy atom. The first kappa shape index (κ1) is 32.3. The molecule has 7 nitrogen and oxygen atoms in total. The minimum atomic E-state index is -1.36. The fraction of sp³-hybridized carbons (Fsp3) is 0.469. The minimum absolute atomic E-state index is 0.0210. The molecule has 0 aliphatic carbocycles. The van der Waals surface area contributed by atoms with Gasteiger partial charge in [-0.25, -0.2) is 14.4 Å². The fourth-order valence-corrected chi connectivity index (χ4v) is 5.89. The van der Waals surface area contributed by atoms with Gasteiger partial charge in [-0.05, 0) is 93.9 Å². The number of carbonyl (C=O) groups excluding carboxylic acids is 1. The highest BCUT2D eigenvalue weighted by atomic mass is 35.5. The molecule has 2 atom stereocenters. The fourth-order valence-electron chi connectivity index (χ4n) is 5.64. The van der Waals surface area contributed by atoms with Crippen LogP contribution in [0.25, 0.3) is 0 Å². The third-order valence-corrected chi connectivity index (χ3v) is 8.39. The van der Waals surface area contributed by atoms with Crippen molar-refractivity contribution in [3.63, 3.8) is 0 Å². The molecule has 1 N–H and O–H groups in total. The van der Waals surface area contributed by atoms with Gasteiger partial charge < -0.3 is 19.6 Å². The van der Waals surface area contributed by atoms with Crippen LogP contribution in [0, 0.1) is 11.7 Å². The SMILES string of the molecule is C1CCOC1.CCC(c1cc(F)c2c(c1)C(=O)N(Cc1ncc(Cl)cn1)C2O)C1CCN(C)CC1.Clc1ccccc1. The second-order valence-corrected chi connectivity index (χ2v) is 11.7.